The van der Waals surface area contributed by atoms with Gasteiger partial charge in [-0.15, -0.1) is 0 Å². The predicted octanol–water partition coefficient (Wildman–Crippen LogP) is 4.83. The Kier molecular flexibility index (Phi) is 4.25. The van der Waals surface area contributed by atoms with Crippen LogP contribution in [-0.4, -0.2) is 0 Å². The van der Waals surface area contributed by atoms with Gasteiger partial charge in [0.05, 0.1) is 3.57 Å². The number of hydrogen-bond acceptors (Lipinski definition) is 1. The highest BCUT2D eigenvalue weighted by atomic mass is 127. The lowest BCUT2D eigenvalue weighted by Crippen LogP contribution is -1.66. The summed E-state index contributed by atoms with van der Waals surface area (Å²) in [6, 6.07) is 5.99. The number of hydrogen-bond donors (Lipinski definition) is 0. The van der Waals surface area contributed by atoms with Gasteiger partial charge in [0.2, 0.25) is 0 Å². The first-order valence-corrected chi connectivity index (χ1v) is 5.97. The molecule has 70 valence electrons. The van der Waals surface area contributed by atoms with Crippen LogP contribution in [0.3, 0.4) is 0 Å². The van der Waals surface area contributed by atoms with Crippen molar-refractivity contribution in [1.29, 1.82) is 0 Å². The molecule has 0 bridgehead atoms. The first kappa shape index (κ1) is 11.0. The van der Waals surface area contributed by atoms with Crippen molar-refractivity contribution in [3.05, 3.63) is 32.5 Å². The largest absolute Gasteiger partial charge is 0.463 e. The van der Waals surface area contributed by atoms with E-state index in [1.54, 1.807) is 6.26 Å². The molecule has 0 saturated heterocycles. The highest BCUT2D eigenvalue weighted by Crippen LogP contribution is 2.25. The topological polar surface area (TPSA) is 13.1 Å². The standard InChI is InChI=1S/C8H4BrIO.C2H6/c9-5-1-2-8-6(3-5)7(10)4-11-8;1-2/h1-4H;1-2H3. The summed E-state index contributed by atoms with van der Waals surface area (Å²) in [5, 5.41) is 1.17. The Morgan fingerprint density at radius 2 is 2.00 bits per heavy atom. The average Bonchev–Trinajstić information content (AvgIpc) is 2.52. The molecule has 0 N–H and O–H groups in total. The molecule has 0 aliphatic heterocycles. The van der Waals surface area contributed by atoms with Crippen LogP contribution in [0.15, 0.2) is 33.4 Å². The second kappa shape index (κ2) is 5.00. The van der Waals surface area contributed by atoms with Crippen LogP contribution in [0.4, 0.5) is 0 Å². The summed E-state index contributed by atoms with van der Waals surface area (Å²) in [6.07, 6.45) is 1.76. The first-order valence-electron chi connectivity index (χ1n) is 4.09. The minimum Gasteiger partial charge on any atom is -0.463 e. The zero-order chi connectivity index (χ0) is 9.84. The van der Waals surface area contributed by atoms with Gasteiger partial charge in [0.15, 0.2) is 0 Å². The minimum atomic E-state index is 0.942. The van der Waals surface area contributed by atoms with Gasteiger partial charge < -0.3 is 4.42 Å². The van der Waals surface area contributed by atoms with E-state index in [0.29, 0.717) is 0 Å². The Balaban J connectivity index is 0.000000396. The second-order valence-corrected chi connectivity index (χ2v) is 4.30. The fourth-order valence-electron chi connectivity index (χ4n) is 0.970. The van der Waals surface area contributed by atoms with Crippen molar-refractivity contribution in [2.45, 2.75) is 13.8 Å². The highest BCUT2D eigenvalue weighted by molar-refractivity contribution is 14.1. The fraction of sp³-hybridized carbons (Fsp3) is 0.200. The third-order valence-corrected chi connectivity index (χ3v) is 2.82. The van der Waals surface area contributed by atoms with Crippen LogP contribution in [0.1, 0.15) is 13.8 Å². The smallest absolute Gasteiger partial charge is 0.135 e. The van der Waals surface area contributed by atoms with Crippen LogP contribution in [-0.2, 0) is 0 Å². The zero-order valence-electron chi connectivity index (χ0n) is 7.47. The van der Waals surface area contributed by atoms with E-state index < -0.39 is 0 Å². The Morgan fingerprint density at radius 1 is 1.31 bits per heavy atom. The van der Waals surface area contributed by atoms with Gasteiger partial charge in [0.1, 0.15) is 11.8 Å². The number of fused-ring (bicyclic) bond motifs is 1. The number of furan rings is 1. The van der Waals surface area contributed by atoms with Crippen molar-refractivity contribution in [2.24, 2.45) is 0 Å². The van der Waals surface area contributed by atoms with Crippen LogP contribution in [0.5, 0.6) is 0 Å². The molecule has 2 rings (SSSR count). The average molecular weight is 353 g/mol. The summed E-state index contributed by atoms with van der Waals surface area (Å²) in [5.74, 6) is 0. The molecule has 1 aromatic heterocycles. The maximum atomic E-state index is 5.28. The molecule has 0 spiro atoms. The fourth-order valence-corrected chi connectivity index (χ4v) is 1.88. The molecule has 13 heavy (non-hydrogen) atoms. The third kappa shape index (κ3) is 2.47. The molecular weight excluding hydrogens is 343 g/mol. The Hall–Kier alpha value is -0.0300. The first-order chi connectivity index (χ1) is 6.27. The monoisotopic (exact) mass is 352 g/mol. The molecule has 3 heteroatoms. The van der Waals surface area contributed by atoms with Crippen molar-refractivity contribution in [3.63, 3.8) is 0 Å². The van der Waals surface area contributed by atoms with Gasteiger partial charge in [-0.2, -0.15) is 0 Å². The Bertz CT molecular complexity index is 395. The molecule has 0 aliphatic carbocycles. The highest BCUT2D eigenvalue weighted by Gasteiger charge is 2.01. The molecule has 0 aliphatic rings. The third-order valence-electron chi connectivity index (χ3n) is 1.49. The van der Waals surface area contributed by atoms with Crippen LogP contribution < -0.4 is 0 Å². The van der Waals surface area contributed by atoms with E-state index in [-0.39, 0.29) is 0 Å². The number of benzene rings is 1. The van der Waals surface area contributed by atoms with E-state index in [1.807, 2.05) is 26.0 Å². The molecule has 0 unspecified atom stereocenters. The van der Waals surface area contributed by atoms with Crippen molar-refractivity contribution in [3.8, 4) is 0 Å². The molecule has 0 fully saturated rings. The van der Waals surface area contributed by atoms with Crippen LogP contribution in [0.25, 0.3) is 11.0 Å². The molecule has 1 nitrogen and oxygen atoms in total. The van der Waals surface area contributed by atoms with E-state index in [2.05, 4.69) is 44.6 Å². The lowest BCUT2D eigenvalue weighted by molar-refractivity contribution is 0.613. The molecule has 0 amide bonds. The van der Waals surface area contributed by atoms with Crippen LogP contribution in [0, 0.1) is 3.57 Å². The van der Waals surface area contributed by atoms with E-state index in [0.717, 1.165) is 13.6 Å². The van der Waals surface area contributed by atoms with Gasteiger partial charge in [0, 0.05) is 9.86 Å². The molecule has 1 heterocycles. The Labute approximate surface area is 99.8 Å². The second-order valence-electron chi connectivity index (χ2n) is 2.22. The summed E-state index contributed by atoms with van der Waals surface area (Å²) >= 11 is 5.66. The van der Waals surface area contributed by atoms with Gasteiger partial charge in [-0.3, -0.25) is 0 Å². The molecule has 1 aromatic carbocycles. The van der Waals surface area contributed by atoms with Crippen molar-refractivity contribution >= 4 is 49.5 Å². The van der Waals surface area contributed by atoms with E-state index in [1.165, 1.54) is 5.39 Å². The lowest BCUT2D eigenvalue weighted by Gasteiger charge is -1.89. The lowest BCUT2D eigenvalue weighted by atomic mass is 10.3. The zero-order valence-corrected chi connectivity index (χ0v) is 11.2. The van der Waals surface area contributed by atoms with Gasteiger partial charge in [0.25, 0.3) is 0 Å². The van der Waals surface area contributed by atoms with Gasteiger partial charge in [-0.05, 0) is 40.8 Å². The van der Waals surface area contributed by atoms with E-state index >= 15 is 0 Å². The maximum Gasteiger partial charge on any atom is 0.135 e. The van der Waals surface area contributed by atoms with Crippen molar-refractivity contribution < 1.29 is 4.42 Å². The van der Waals surface area contributed by atoms with E-state index in [4.69, 9.17) is 4.42 Å². The summed E-state index contributed by atoms with van der Waals surface area (Å²) < 4.78 is 7.51. The maximum absolute atomic E-state index is 5.28. The molecule has 0 radical (unpaired) electrons. The quantitative estimate of drug-likeness (QED) is 0.619. The van der Waals surface area contributed by atoms with Crippen molar-refractivity contribution in [1.82, 2.24) is 0 Å². The number of rotatable bonds is 0. The molecule has 0 saturated carbocycles. The minimum absolute atomic E-state index is 0.942. The van der Waals surface area contributed by atoms with Crippen LogP contribution in [0.2, 0.25) is 0 Å². The summed E-state index contributed by atoms with van der Waals surface area (Å²) in [7, 11) is 0. The molecular formula is C10H10BrIO. The van der Waals surface area contributed by atoms with Crippen molar-refractivity contribution in [2.75, 3.05) is 0 Å². The molecule has 2 aromatic rings. The summed E-state index contributed by atoms with van der Waals surface area (Å²) in [5.41, 5.74) is 0.942. The number of halogens is 2. The molecule has 0 atom stereocenters. The SMILES string of the molecule is Brc1ccc2occ(I)c2c1.CC. The predicted molar refractivity (Wildman–Crippen MR) is 68.0 cm³/mol. The van der Waals surface area contributed by atoms with Gasteiger partial charge in [-0.1, -0.05) is 29.8 Å². The van der Waals surface area contributed by atoms with Gasteiger partial charge >= 0.3 is 0 Å². The van der Waals surface area contributed by atoms with Crippen LogP contribution >= 0.6 is 38.5 Å². The normalized spacial score (nSPS) is 9.54. The summed E-state index contributed by atoms with van der Waals surface area (Å²) in [6.45, 7) is 4.00. The van der Waals surface area contributed by atoms with E-state index in [9.17, 15) is 0 Å². The summed E-state index contributed by atoms with van der Waals surface area (Å²) in [4.78, 5) is 0. The Morgan fingerprint density at radius 3 is 2.69 bits per heavy atom. The van der Waals surface area contributed by atoms with Gasteiger partial charge in [-0.25, -0.2) is 0 Å².